The number of benzene rings is 3. The van der Waals surface area contributed by atoms with Crippen LogP contribution in [0.4, 0.5) is 4.79 Å². The number of amides is 1. The Hall–Kier alpha value is -3.53. The SMILES string of the molecule is COC(=O)c1ccc(CN(C2CCCN(C(=O)OC(C)(C)C)C2)[S+]([O-])c2ccc(Oc3ccccc3)cc2)cc1. The first-order valence-corrected chi connectivity index (χ1v) is 14.4. The number of hydrogen-bond acceptors (Lipinski definition) is 7. The minimum absolute atomic E-state index is 0.164. The Bertz CT molecular complexity index is 1260. The average Bonchev–Trinajstić information content (AvgIpc) is 2.95. The van der Waals surface area contributed by atoms with Crippen molar-refractivity contribution < 1.29 is 28.4 Å². The fraction of sp³-hybridized carbons (Fsp3) is 0.355. The lowest BCUT2D eigenvalue weighted by Crippen LogP contribution is -2.52. The molecule has 2 atom stereocenters. The number of hydrogen-bond donors (Lipinski definition) is 0. The zero-order valence-corrected chi connectivity index (χ0v) is 24.2. The lowest BCUT2D eigenvalue weighted by atomic mass is 10.1. The van der Waals surface area contributed by atoms with E-state index in [-0.39, 0.29) is 12.1 Å². The van der Waals surface area contributed by atoms with E-state index in [1.54, 1.807) is 41.3 Å². The van der Waals surface area contributed by atoms with E-state index < -0.39 is 22.9 Å². The van der Waals surface area contributed by atoms with E-state index in [1.165, 1.54) is 7.11 Å². The summed E-state index contributed by atoms with van der Waals surface area (Å²) in [5, 5.41) is 0. The standard InChI is InChI=1S/C31H36N2O6S/c1-31(2,3)39-30(35)32-20-8-9-25(22-32)33(21-23-12-14-24(15-13-23)29(34)37-4)40(36)28-18-16-27(17-19-28)38-26-10-6-5-7-11-26/h5-7,10-19,25H,8-9,20-22H2,1-4H3. The van der Waals surface area contributed by atoms with Gasteiger partial charge < -0.3 is 23.7 Å². The van der Waals surface area contributed by atoms with Gasteiger partial charge in [-0.3, -0.25) is 0 Å². The number of carbonyl (C=O) groups excluding carboxylic acids is 2. The molecule has 1 saturated heterocycles. The van der Waals surface area contributed by atoms with Gasteiger partial charge >= 0.3 is 12.1 Å². The molecule has 1 aliphatic heterocycles. The zero-order valence-electron chi connectivity index (χ0n) is 23.4. The van der Waals surface area contributed by atoms with Crippen LogP contribution in [0.15, 0.2) is 83.8 Å². The maximum Gasteiger partial charge on any atom is 0.410 e. The molecule has 0 N–H and O–H groups in total. The predicted octanol–water partition coefficient (Wildman–Crippen LogP) is 6.19. The second kappa shape index (κ2) is 13.2. The molecule has 0 aromatic heterocycles. The molecule has 0 saturated carbocycles. The zero-order chi connectivity index (χ0) is 28.7. The summed E-state index contributed by atoms with van der Waals surface area (Å²) in [4.78, 5) is 27.1. The van der Waals surface area contributed by atoms with Crippen LogP contribution in [0.2, 0.25) is 0 Å². The Balaban J connectivity index is 1.55. The van der Waals surface area contributed by atoms with Crippen LogP contribution in [0.3, 0.4) is 0 Å². The van der Waals surface area contributed by atoms with Gasteiger partial charge in [-0.25, -0.2) is 9.59 Å². The van der Waals surface area contributed by atoms with Crippen molar-refractivity contribution in [3.8, 4) is 11.5 Å². The minimum Gasteiger partial charge on any atom is -0.593 e. The summed E-state index contributed by atoms with van der Waals surface area (Å²) in [6.07, 6.45) is 1.18. The van der Waals surface area contributed by atoms with Gasteiger partial charge in [-0.05, 0) is 87.7 Å². The van der Waals surface area contributed by atoms with E-state index in [0.717, 1.165) is 24.2 Å². The smallest absolute Gasteiger partial charge is 0.410 e. The molecule has 1 heterocycles. The molecule has 3 aromatic carbocycles. The lowest BCUT2D eigenvalue weighted by Gasteiger charge is -2.38. The number of rotatable bonds is 8. The van der Waals surface area contributed by atoms with Crippen LogP contribution in [0.25, 0.3) is 0 Å². The maximum atomic E-state index is 14.0. The largest absolute Gasteiger partial charge is 0.593 e. The van der Waals surface area contributed by atoms with Gasteiger partial charge in [0.15, 0.2) is 4.90 Å². The van der Waals surface area contributed by atoms with E-state index in [2.05, 4.69) is 0 Å². The molecule has 3 aromatic rings. The number of carbonyl (C=O) groups is 2. The molecule has 1 amide bonds. The molecule has 2 unspecified atom stereocenters. The fourth-order valence-corrected chi connectivity index (χ4v) is 5.78. The van der Waals surface area contributed by atoms with Crippen LogP contribution in [-0.4, -0.2) is 57.7 Å². The number of piperidine rings is 1. The second-order valence-corrected chi connectivity index (χ2v) is 12.1. The summed E-state index contributed by atoms with van der Waals surface area (Å²) in [5.74, 6) is 0.952. The van der Waals surface area contributed by atoms with E-state index in [1.807, 2.05) is 67.5 Å². The highest BCUT2D eigenvalue weighted by molar-refractivity contribution is 7.89. The van der Waals surface area contributed by atoms with Crippen molar-refractivity contribution >= 4 is 23.4 Å². The molecule has 4 rings (SSSR count). The molecule has 0 radical (unpaired) electrons. The Morgan fingerprint density at radius 2 is 1.62 bits per heavy atom. The Morgan fingerprint density at radius 3 is 2.25 bits per heavy atom. The molecule has 1 fully saturated rings. The molecule has 9 heteroatoms. The van der Waals surface area contributed by atoms with Crippen molar-refractivity contribution in [3.05, 3.63) is 90.0 Å². The van der Waals surface area contributed by atoms with E-state index in [0.29, 0.717) is 35.8 Å². The predicted molar refractivity (Wildman–Crippen MR) is 154 cm³/mol. The van der Waals surface area contributed by atoms with Crippen LogP contribution in [0.5, 0.6) is 11.5 Å². The van der Waals surface area contributed by atoms with Gasteiger partial charge in [0.2, 0.25) is 0 Å². The molecule has 212 valence electrons. The van der Waals surface area contributed by atoms with E-state index >= 15 is 0 Å². The van der Waals surface area contributed by atoms with E-state index in [9.17, 15) is 14.1 Å². The van der Waals surface area contributed by atoms with Gasteiger partial charge in [-0.2, -0.15) is 0 Å². The van der Waals surface area contributed by atoms with E-state index in [4.69, 9.17) is 14.2 Å². The van der Waals surface area contributed by atoms with Gasteiger partial charge in [0.1, 0.15) is 17.1 Å². The topological polar surface area (TPSA) is 91.4 Å². The number of methoxy groups -OCH3 is 1. The minimum atomic E-state index is -1.53. The van der Waals surface area contributed by atoms with Gasteiger partial charge in [0.25, 0.3) is 0 Å². The van der Waals surface area contributed by atoms with Crippen molar-refractivity contribution in [2.75, 3.05) is 20.2 Å². The van der Waals surface area contributed by atoms with Crippen LogP contribution in [0, 0.1) is 0 Å². The molecular weight excluding hydrogens is 528 g/mol. The normalized spacial score (nSPS) is 16.4. The molecule has 8 nitrogen and oxygen atoms in total. The third kappa shape index (κ3) is 8.00. The highest BCUT2D eigenvalue weighted by Crippen LogP contribution is 2.29. The lowest BCUT2D eigenvalue weighted by molar-refractivity contribution is 0.0152. The Labute approximate surface area is 239 Å². The van der Waals surface area contributed by atoms with Crippen molar-refractivity contribution in [1.82, 2.24) is 9.21 Å². The third-order valence-corrected chi connectivity index (χ3v) is 7.91. The van der Waals surface area contributed by atoms with Gasteiger partial charge in [0, 0.05) is 13.1 Å². The number of para-hydroxylation sites is 1. The first-order valence-electron chi connectivity index (χ1n) is 13.3. The molecular formula is C31H36N2O6S. The summed E-state index contributed by atoms with van der Waals surface area (Å²) in [6.45, 7) is 6.88. The average molecular weight is 565 g/mol. The summed E-state index contributed by atoms with van der Waals surface area (Å²) in [5.41, 5.74) is 0.735. The monoisotopic (exact) mass is 564 g/mol. The summed E-state index contributed by atoms with van der Waals surface area (Å²) in [6, 6.07) is 23.6. The third-order valence-electron chi connectivity index (χ3n) is 6.39. The number of likely N-dealkylation sites (tertiary alicyclic amines) is 1. The highest BCUT2D eigenvalue weighted by Gasteiger charge is 2.36. The second-order valence-electron chi connectivity index (χ2n) is 10.6. The van der Waals surface area contributed by atoms with Gasteiger partial charge in [-0.1, -0.05) is 30.3 Å². The van der Waals surface area contributed by atoms with Crippen LogP contribution in [0.1, 0.15) is 49.5 Å². The molecule has 0 bridgehead atoms. The highest BCUT2D eigenvalue weighted by atomic mass is 32.2. The molecule has 40 heavy (non-hydrogen) atoms. The summed E-state index contributed by atoms with van der Waals surface area (Å²) < 4.78 is 32.3. The van der Waals surface area contributed by atoms with Gasteiger partial charge in [0.05, 0.1) is 36.6 Å². The molecule has 0 spiro atoms. The maximum absolute atomic E-state index is 14.0. The van der Waals surface area contributed by atoms with Crippen LogP contribution < -0.4 is 4.74 Å². The first kappa shape index (κ1) is 29.5. The molecule has 1 aliphatic rings. The number of ether oxygens (including phenoxy) is 3. The van der Waals surface area contributed by atoms with Crippen molar-refractivity contribution in [3.63, 3.8) is 0 Å². The van der Waals surface area contributed by atoms with Crippen LogP contribution >= 0.6 is 0 Å². The van der Waals surface area contributed by atoms with Crippen molar-refractivity contribution in [2.24, 2.45) is 0 Å². The Morgan fingerprint density at radius 1 is 0.975 bits per heavy atom. The van der Waals surface area contributed by atoms with Crippen LogP contribution in [-0.2, 0) is 27.4 Å². The summed E-state index contributed by atoms with van der Waals surface area (Å²) >= 11 is -1.53. The first-order chi connectivity index (χ1) is 19.1. The van der Waals surface area contributed by atoms with Crippen molar-refractivity contribution in [2.45, 2.75) is 56.7 Å². The van der Waals surface area contributed by atoms with Crippen molar-refractivity contribution in [1.29, 1.82) is 0 Å². The quantitative estimate of drug-likeness (QED) is 0.238. The summed E-state index contributed by atoms with van der Waals surface area (Å²) in [7, 11) is 1.34. The Kier molecular flexibility index (Phi) is 9.73. The van der Waals surface area contributed by atoms with Gasteiger partial charge in [-0.15, -0.1) is 4.31 Å². The number of nitrogens with zero attached hydrogens (tertiary/aromatic N) is 2. The molecule has 0 aliphatic carbocycles. The fourth-order valence-electron chi connectivity index (χ4n) is 4.43. The number of esters is 1.